The summed E-state index contributed by atoms with van der Waals surface area (Å²) >= 11 is 0. The lowest BCUT2D eigenvalue weighted by molar-refractivity contribution is -0.151. The summed E-state index contributed by atoms with van der Waals surface area (Å²) in [4.78, 5) is 16.1. The Morgan fingerprint density at radius 3 is 2.48 bits per heavy atom. The van der Waals surface area contributed by atoms with E-state index in [1.807, 2.05) is 0 Å². The van der Waals surface area contributed by atoms with Crippen LogP contribution in [0.2, 0.25) is 0 Å². The van der Waals surface area contributed by atoms with Crippen LogP contribution in [0.15, 0.2) is 4.52 Å². The van der Waals surface area contributed by atoms with Crippen LogP contribution in [0.4, 0.5) is 0 Å². The first-order valence-corrected chi connectivity index (χ1v) is 7.72. The minimum Gasteiger partial charge on any atom is -0.481 e. The second kappa shape index (κ2) is 5.40. The van der Waals surface area contributed by atoms with E-state index in [9.17, 15) is 9.90 Å². The highest BCUT2D eigenvalue weighted by Crippen LogP contribution is 2.44. The van der Waals surface area contributed by atoms with E-state index in [0.717, 1.165) is 38.5 Å². The van der Waals surface area contributed by atoms with E-state index in [4.69, 9.17) is 9.26 Å². The molecule has 0 spiro atoms. The zero-order valence-corrected chi connectivity index (χ0v) is 12.4. The Balaban J connectivity index is 1.78. The molecule has 6 nitrogen and oxygen atoms in total. The van der Waals surface area contributed by atoms with Crippen molar-refractivity contribution in [1.82, 2.24) is 10.1 Å². The second-order valence-corrected chi connectivity index (χ2v) is 6.39. The number of hydrogen-bond acceptors (Lipinski definition) is 5. The molecule has 0 amide bonds. The topological polar surface area (TPSA) is 85.5 Å². The lowest BCUT2D eigenvalue weighted by Crippen LogP contribution is -2.37. The first-order chi connectivity index (χ1) is 10.1. The van der Waals surface area contributed by atoms with E-state index in [1.54, 1.807) is 7.11 Å². The molecule has 2 saturated carbocycles. The molecule has 0 saturated heterocycles. The van der Waals surface area contributed by atoms with Gasteiger partial charge in [0.2, 0.25) is 11.7 Å². The Bertz CT molecular complexity index is 510. The maximum absolute atomic E-state index is 11.7. The molecule has 21 heavy (non-hydrogen) atoms. The van der Waals surface area contributed by atoms with Gasteiger partial charge in [0.25, 0.3) is 0 Å². The van der Waals surface area contributed by atoms with E-state index < -0.39 is 17.0 Å². The molecule has 0 radical (unpaired) electrons. The van der Waals surface area contributed by atoms with Crippen LogP contribution in [0.5, 0.6) is 0 Å². The first-order valence-electron chi connectivity index (χ1n) is 7.72. The summed E-state index contributed by atoms with van der Waals surface area (Å²) in [5.74, 6) is 0.257. The Labute approximate surface area is 123 Å². The average molecular weight is 294 g/mol. The molecule has 0 atom stereocenters. The predicted molar refractivity (Wildman–Crippen MR) is 73.7 cm³/mol. The van der Waals surface area contributed by atoms with Gasteiger partial charge in [-0.15, -0.1) is 0 Å². The van der Waals surface area contributed by atoms with Crippen molar-refractivity contribution in [3.05, 3.63) is 11.7 Å². The number of rotatable bonds is 5. The van der Waals surface area contributed by atoms with Crippen LogP contribution in [0, 0.1) is 5.41 Å². The molecule has 2 aliphatic carbocycles. The van der Waals surface area contributed by atoms with Crippen LogP contribution >= 0.6 is 0 Å². The summed E-state index contributed by atoms with van der Waals surface area (Å²) in [6.45, 7) is 0. The summed E-state index contributed by atoms with van der Waals surface area (Å²) in [5.41, 5.74) is -1.15. The summed E-state index contributed by atoms with van der Waals surface area (Å²) in [6, 6.07) is 0. The quantitative estimate of drug-likeness (QED) is 0.898. The van der Waals surface area contributed by atoms with Gasteiger partial charge in [-0.05, 0) is 32.1 Å². The molecule has 6 heteroatoms. The summed E-state index contributed by atoms with van der Waals surface area (Å²) in [6.07, 6.45) is 7.61. The number of ether oxygens (including phenoxy) is 1. The molecule has 0 bridgehead atoms. The van der Waals surface area contributed by atoms with Crippen LogP contribution in [-0.4, -0.2) is 28.3 Å². The molecular formula is C15H22N2O4. The third-order valence-electron chi connectivity index (χ3n) is 5.18. The zero-order chi connectivity index (χ0) is 14.9. The Hall–Kier alpha value is -1.43. The Morgan fingerprint density at radius 1 is 1.24 bits per heavy atom. The summed E-state index contributed by atoms with van der Waals surface area (Å²) in [7, 11) is 1.66. The average Bonchev–Trinajstić information content (AvgIpc) is 2.88. The lowest BCUT2D eigenvalue weighted by Gasteiger charge is -2.37. The van der Waals surface area contributed by atoms with E-state index in [1.165, 1.54) is 0 Å². The molecule has 1 aromatic heterocycles. The van der Waals surface area contributed by atoms with Crippen molar-refractivity contribution in [1.29, 1.82) is 0 Å². The Morgan fingerprint density at radius 2 is 1.95 bits per heavy atom. The van der Waals surface area contributed by atoms with Gasteiger partial charge in [0.1, 0.15) is 5.60 Å². The molecule has 0 aliphatic heterocycles. The summed E-state index contributed by atoms with van der Waals surface area (Å²) < 4.78 is 10.9. The van der Waals surface area contributed by atoms with Crippen LogP contribution < -0.4 is 0 Å². The lowest BCUT2D eigenvalue weighted by atomic mass is 9.72. The summed E-state index contributed by atoms with van der Waals surface area (Å²) in [5, 5.41) is 13.6. The molecule has 1 heterocycles. The van der Waals surface area contributed by atoms with E-state index in [-0.39, 0.29) is 0 Å². The number of carboxylic acids is 1. The van der Waals surface area contributed by atoms with Gasteiger partial charge in [-0.3, -0.25) is 4.79 Å². The third kappa shape index (κ3) is 2.46. The minimum absolute atomic E-state index is 0.328. The highest BCUT2D eigenvalue weighted by Gasteiger charge is 2.45. The van der Waals surface area contributed by atoms with Gasteiger partial charge in [-0.1, -0.05) is 24.4 Å². The smallest absolute Gasteiger partial charge is 0.310 e. The zero-order valence-electron chi connectivity index (χ0n) is 12.4. The van der Waals surface area contributed by atoms with Crippen molar-refractivity contribution in [2.75, 3.05) is 7.11 Å². The highest BCUT2D eigenvalue weighted by molar-refractivity contribution is 5.75. The van der Waals surface area contributed by atoms with E-state index in [2.05, 4.69) is 10.1 Å². The monoisotopic (exact) mass is 294 g/mol. The number of aliphatic carboxylic acids is 1. The van der Waals surface area contributed by atoms with Crippen molar-refractivity contribution < 1.29 is 19.2 Å². The van der Waals surface area contributed by atoms with E-state index in [0.29, 0.717) is 31.0 Å². The standard InChI is InChI=1S/C15H22N2O4/c1-20-15(8-5-9-15)12-16-11(21-17-12)10-14(13(18)19)6-3-2-4-7-14/h2-10H2,1H3,(H,18,19). The van der Waals surface area contributed by atoms with Gasteiger partial charge in [-0.25, -0.2) is 0 Å². The third-order valence-corrected chi connectivity index (χ3v) is 5.18. The number of nitrogens with zero attached hydrogens (tertiary/aromatic N) is 2. The molecule has 3 rings (SSSR count). The van der Waals surface area contributed by atoms with Gasteiger partial charge >= 0.3 is 5.97 Å². The molecular weight excluding hydrogens is 272 g/mol. The fraction of sp³-hybridized carbons (Fsp3) is 0.800. The molecule has 2 aliphatic rings. The molecule has 1 aromatic rings. The normalized spacial score (nSPS) is 23.5. The molecule has 2 fully saturated rings. The molecule has 116 valence electrons. The van der Waals surface area contributed by atoms with Crippen LogP contribution in [0.25, 0.3) is 0 Å². The molecule has 1 N–H and O–H groups in total. The number of aromatic nitrogens is 2. The van der Waals surface area contributed by atoms with Crippen molar-refractivity contribution in [2.24, 2.45) is 5.41 Å². The minimum atomic E-state index is -0.743. The fourth-order valence-electron chi connectivity index (χ4n) is 3.51. The number of hydrogen-bond donors (Lipinski definition) is 1. The SMILES string of the molecule is COC1(c2noc(CC3(C(=O)O)CCCCC3)n2)CCC1. The van der Waals surface area contributed by atoms with Crippen LogP contribution in [-0.2, 0) is 21.6 Å². The fourth-order valence-corrected chi connectivity index (χ4v) is 3.51. The molecule has 0 unspecified atom stereocenters. The number of carboxylic acid groups (broad SMARTS) is 1. The largest absolute Gasteiger partial charge is 0.481 e. The maximum atomic E-state index is 11.7. The van der Waals surface area contributed by atoms with Crippen molar-refractivity contribution in [3.8, 4) is 0 Å². The highest BCUT2D eigenvalue weighted by atomic mass is 16.5. The van der Waals surface area contributed by atoms with Gasteiger partial charge in [0.15, 0.2) is 0 Å². The van der Waals surface area contributed by atoms with Gasteiger partial charge in [0, 0.05) is 13.5 Å². The maximum Gasteiger partial charge on any atom is 0.310 e. The van der Waals surface area contributed by atoms with Crippen molar-refractivity contribution in [3.63, 3.8) is 0 Å². The van der Waals surface area contributed by atoms with Gasteiger partial charge in [-0.2, -0.15) is 4.98 Å². The van der Waals surface area contributed by atoms with Crippen LogP contribution in [0.3, 0.4) is 0 Å². The van der Waals surface area contributed by atoms with Gasteiger partial charge in [0.05, 0.1) is 5.41 Å². The van der Waals surface area contributed by atoms with Crippen molar-refractivity contribution >= 4 is 5.97 Å². The first kappa shape index (κ1) is 14.5. The van der Waals surface area contributed by atoms with Gasteiger partial charge < -0.3 is 14.4 Å². The predicted octanol–water partition coefficient (Wildman–Crippen LogP) is 2.67. The Kier molecular flexibility index (Phi) is 3.73. The second-order valence-electron chi connectivity index (χ2n) is 6.39. The number of methoxy groups -OCH3 is 1. The van der Waals surface area contributed by atoms with E-state index >= 15 is 0 Å². The van der Waals surface area contributed by atoms with Crippen molar-refractivity contribution in [2.45, 2.75) is 63.4 Å². The van der Waals surface area contributed by atoms with Crippen LogP contribution in [0.1, 0.15) is 63.1 Å². The number of carbonyl (C=O) groups is 1. The molecule has 0 aromatic carbocycles.